The average molecular weight is 438 g/mol. The molecule has 0 unspecified atom stereocenters. The maximum Gasteiger partial charge on any atom is 0.271 e. The van der Waals surface area contributed by atoms with Crippen LogP contribution in [-0.2, 0) is 0 Å². The number of hydrazone groups is 1. The Kier molecular flexibility index (Phi) is 6.18. The molecule has 0 atom stereocenters. The Morgan fingerprint density at radius 3 is 2.46 bits per heavy atom. The lowest BCUT2D eigenvalue weighted by atomic mass is 10.1. The Morgan fingerprint density at radius 2 is 1.68 bits per heavy atom. The third kappa shape index (κ3) is 4.83. The number of anilines is 1. The van der Waals surface area contributed by atoms with Gasteiger partial charge >= 0.3 is 0 Å². The van der Waals surface area contributed by atoms with Gasteiger partial charge in [0.05, 0.1) is 11.8 Å². The number of amides is 2. The summed E-state index contributed by atoms with van der Waals surface area (Å²) in [6.07, 6.45) is 1.35. The first-order valence-electron chi connectivity index (χ1n) is 8.32. The Labute approximate surface area is 170 Å². The maximum absolute atomic E-state index is 12.4. The Morgan fingerprint density at radius 1 is 0.929 bits per heavy atom. The third-order valence-corrected chi connectivity index (χ3v) is 4.50. The molecular weight excluding hydrogens is 422 g/mol. The molecule has 2 amide bonds. The average Bonchev–Trinajstić information content (AvgIpc) is 2.70. The van der Waals surface area contributed by atoms with Crippen LogP contribution in [0.15, 0.2) is 82.4 Å². The van der Waals surface area contributed by atoms with Crippen molar-refractivity contribution in [2.24, 2.45) is 5.10 Å². The van der Waals surface area contributed by atoms with E-state index in [1.807, 2.05) is 6.07 Å². The molecule has 0 aromatic heterocycles. The van der Waals surface area contributed by atoms with Gasteiger partial charge in [-0.25, -0.2) is 5.43 Å². The summed E-state index contributed by atoms with van der Waals surface area (Å²) in [5.41, 5.74) is 4.19. The second-order valence-electron chi connectivity index (χ2n) is 5.77. The normalized spacial score (nSPS) is 10.6. The van der Waals surface area contributed by atoms with Crippen LogP contribution in [-0.4, -0.2) is 23.1 Å². The molecule has 0 spiro atoms. The van der Waals surface area contributed by atoms with Crippen molar-refractivity contribution in [2.45, 2.75) is 0 Å². The van der Waals surface area contributed by atoms with Crippen LogP contribution in [0.25, 0.3) is 0 Å². The molecule has 3 N–H and O–H groups in total. The molecule has 0 bridgehead atoms. The van der Waals surface area contributed by atoms with E-state index in [0.29, 0.717) is 26.9 Å². The molecule has 140 valence electrons. The van der Waals surface area contributed by atoms with Gasteiger partial charge in [0.15, 0.2) is 0 Å². The highest BCUT2D eigenvalue weighted by Crippen LogP contribution is 2.18. The number of halogens is 1. The number of para-hydroxylation sites is 1. The zero-order valence-electron chi connectivity index (χ0n) is 14.6. The Balaban J connectivity index is 1.67. The molecule has 3 aromatic rings. The monoisotopic (exact) mass is 437 g/mol. The first kappa shape index (κ1) is 19.3. The summed E-state index contributed by atoms with van der Waals surface area (Å²) >= 11 is 3.34. The molecule has 0 radical (unpaired) electrons. The van der Waals surface area contributed by atoms with Crippen molar-refractivity contribution >= 4 is 39.6 Å². The van der Waals surface area contributed by atoms with E-state index in [1.165, 1.54) is 12.3 Å². The fraction of sp³-hybridized carbons (Fsp3) is 0. The fourth-order valence-corrected chi connectivity index (χ4v) is 2.87. The highest BCUT2D eigenvalue weighted by molar-refractivity contribution is 9.10. The van der Waals surface area contributed by atoms with Gasteiger partial charge in [-0.3, -0.25) is 9.59 Å². The molecule has 0 saturated carbocycles. The van der Waals surface area contributed by atoms with Crippen LogP contribution in [0, 0.1) is 0 Å². The molecule has 7 heteroatoms. The van der Waals surface area contributed by atoms with Crippen molar-refractivity contribution in [3.8, 4) is 5.75 Å². The lowest BCUT2D eigenvalue weighted by Crippen LogP contribution is -2.18. The van der Waals surface area contributed by atoms with Gasteiger partial charge < -0.3 is 10.4 Å². The minimum Gasteiger partial charge on any atom is -0.507 e. The van der Waals surface area contributed by atoms with E-state index in [2.05, 4.69) is 31.8 Å². The van der Waals surface area contributed by atoms with E-state index >= 15 is 0 Å². The smallest absolute Gasteiger partial charge is 0.271 e. The molecule has 6 nitrogen and oxygen atoms in total. The van der Waals surface area contributed by atoms with E-state index in [1.54, 1.807) is 60.7 Å². The molecule has 3 rings (SSSR count). The van der Waals surface area contributed by atoms with Gasteiger partial charge in [0, 0.05) is 21.3 Å². The predicted molar refractivity (Wildman–Crippen MR) is 112 cm³/mol. The zero-order chi connectivity index (χ0) is 19.9. The number of benzene rings is 3. The number of hydrogen-bond acceptors (Lipinski definition) is 4. The van der Waals surface area contributed by atoms with Gasteiger partial charge in [-0.15, -0.1) is 0 Å². The number of hydrogen-bond donors (Lipinski definition) is 3. The van der Waals surface area contributed by atoms with Crippen molar-refractivity contribution < 1.29 is 14.7 Å². The molecular formula is C21H16BrN3O3. The van der Waals surface area contributed by atoms with Crippen LogP contribution in [0.3, 0.4) is 0 Å². The largest absolute Gasteiger partial charge is 0.507 e. The summed E-state index contributed by atoms with van der Waals surface area (Å²) in [6, 6.07) is 20.2. The first-order chi connectivity index (χ1) is 13.5. The lowest BCUT2D eigenvalue weighted by molar-refractivity contribution is 0.0953. The molecule has 0 aliphatic rings. The molecule has 0 aliphatic carbocycles. The fourth-order valence-electron chi connectivity index (χ4n) is 2.40. The summed E-state index contributed by atoms with van der Waals surface area (Å²) < 4.78 is 0.680. The predicted octanol–water partition coefficient (Wildman–Crippen LogP) is 4.17. The molecule has 0 saturated heterocycles. The Bertz CT molecular complexity index is 1050. The van der Waals surface area contributed by atoms with Gasteiger partial charge in [-0.05, 0) is 58.4 Å². The van der Waals surface area contributed by atoms with Crippen molar-refractivity contribution in [2.75, 3.05) is 5.32 Å². The number of nitrogens with one attached hydrogen (secondary N) is 2. The van der Waals surface area contributed by atoms with E-state index in [9.17, 15) is 14.7 Å². The Hall–Kier alpha value is -3.45. The summed E-state index contributed by atoms with van der Waals surface area (Å²) in [7, 11) is 0. The molecule has 0 heterocycles. The van der Waals surface area contributed by atoms with E-state index < -0.39 is 5.91 Å². The number of nitrogens with zero attached hydrogens (tertiary/aromatic N) is 1. The van der Waals surface area contributed by atoms with Crippen molar-refractivity contribution in [3.63, 3.8) is 0 Å². The van der Waals surface area contributed by atoms with Gasteiger partial charge in [0.2, 0.25) is 0 Å². The number of carbonyl (C=O) groups excluding carboxylic acids is 2. The van der Waals surface area contributed by atoms with E-state index in [-0.39, 0.29) is 11.7 Å². The van der Waals surface area contributed by atoms with Gasteiger partial charge in [-0.1, -0.05) is 30.3 Å². The summed E-state index contributed by atoms with van der Waals surface area (Å²) in [6.45, 7) is 0. The highest BCUT2D eigenvalue weighted by atomic mass is 79.9. The zero-order valence-corrected chi connectivity index (χ0v) is 16.2. The summed E-state index contributed by atoms with van der Waals surface area (Å²) in [5, 5.41) is 16.3. The summed E-state index contributed by atoms with van der Waals surface area (Å²) in [5.74, 6) is -0.663. The third-order valence-electron chi connectivity index (χ3n) is 3.81. The molecule has 0 fully saturated rings. The lowest BCUT2D eigenvalue weighted by Gasteiger charge is -2.08. The van der Waals surface area contributed by atoms with Crippen LogP contribution < -0.4 is 10.7 Å². The quantitative estimate of drug-likeness (QED) is 0.413. The van der Waals surface area contributed by atoms with Crippen molar-refractivity contribution in [1.29, 1.82) is 0 Å². The molecule has 28 heavy (non-hydrogen) atoms. The van der Waals surface area contributed by atoms with E-state index in [0.717, 1.165) is 0 Å². The highest BCUT2D eigenvalue weighted by Gasteiger charge is 2.11. The minimum absolute atomic E-state index is 0.0669. The minimum atomic E-state index is -0.441. The van der Waals surface area contributed by atoms with Crippen LogP contribution in [0.4, 0.5) is 5.69 Å². The van der Waals surface area contributed by atoms with Gasteiger partial charge in [0.1, 0.15) is 5.75 Å². The first-order valence-corrected chi connectivity index (χ1v) is 9.11. The number of phenolic OH excluding ortho intramolecular Hbond substituents is 1. The van der Waals surface area contributed by atoms with Gasteiger partial charge in [-0.2, -0.15) is 5.10 Å². The maximum atomic E-state index is 12.4. The number of carbonyl (C=O) groups is 2. The number of rotatable bonds is 5. The molecule has 3 aromatic carbocycles. The van der Waals surface area contributed by atoms with Crippen molar-refractivity contribution in [3.05, 3.63) is 94.0 Å². The van der Waals surface area contributed by atoms with Crippen LogP contribution in [0.1, 0.15) is 26.3 Å². The molecule has 0 aliphatic heterocycles. The number of phenols is 1. The number of aromatic hydroxyl groups is 1. The topological polar surface area (TPSA) is 90.8 Å². The van der Waals surface area contributed by atoms with Crippen LogP contribution >= 0.6 is 15.9 Å². The van der Waals surface area contributed by atoms with E-state index in [4.69, 9.17) is 0 Å². The van der Waals surface area contributed by atoms with Crippen molar-refractivity contribution in [1.82, 2.24) is 5.43 Å². The summed E-state index contributed by atoms with van der Waals surface area (Å²) in [4.78, 5) is 24.7. The second kappa shape index (κ2) is 8.96. The second-order valence-corrected chi connectivity index (χ2v) is 6.63. The van der Waals surface area contributed by atoms with Crippen LogP contribution in [0.2, 0.25) is 0 Å². The van der Waals surface area contributed by atoms with Gasteiger partial charge in [0.25, 0.3) is 11.8 Å². The standard InChI is InChI=1S/C21H16BrN3O3/c22-18-10-3-2-9-17(18)21(28)24-16-8-5-7-14(12-16)20(27)25-23-13-15-6-1-4-11-19(15)26/h1-13,26H,(H,24,28)(H,25,27)/b23-13+. The van der Waals surface area contributed by atoms with Crippen LogP contribution in [0.5, 0.6) is 5.75 Å². The SMILES string of the molecule is O=C(N/N=C/c1ccccc1O)c1cccc(NC(=O)c2ccccc2Br)c1.